The highest BCUT2D eigenvalue weighted by molar-refractivity contribution is 6.31. The third-order valence-electron chi connectivity index (χ3n) is 9.89. The molecule has 0 aromatic heterocycles. The quantitative estimate of drug-likeness (QED) is 0.324. The van der Waals surface area contributed by atoms with Gasteiger partial charge in [-0.1, -0.05) is 53.6 Å². The average Bonchev–Trinajstić information content (AvgIpc) is 3.35. The lowest BCUT2D eigenvalue weighted by atomic mass is 9.51. The Hall–Kier alpha value is -4.57. The molecule has 6 amide bonds. The fourth-order valence-corrected chi connectivity index (χ4v) is 8.17. The minimum atomic E-state index is -1.44. The molecule has 3 aromatic rings. The molecule has 43 heavy (non-hydrogen) atoms. The zero-order valence-electron chi connectivity index (χ0n) is 22.8. The van der Waals surface area contributed by atoms with Gasteiger partial charge < -0.3 is 10.8 Å². The number of phenols is 1. The van der Waals surface area contributed by atoms with Gasteiger partial charge in [-0.05, 0) is 60.7 Å². The largest absolute Gasteiger partial charge is 0.508 e. The van der Waals surface area contributed by atoms with Crippen molar-refractivity contribution in [1.82, 2.24) is 4.90 Å². The van der Waals surface area contributed by atoms with E-state index in [0.29, 0.717) is 21.4 Å². The van der Waals surface area contributed by atoms with E-state index in [-0.39, 0.29) is 29.3 Å². The van der Waals surface area contributed by atoms with Crippen molar-refractivity contribution in [2.45, 2.75) is 25.7 Å². The Morgan fingerprint density at radius 1 is 1.02 bits per heavy atom. The fourth-order valence-electron chi connectivity index (χ4n) is 8.00. The van der Waals surface area contributed by atoms with Crippen LogP contribution in [0.5, 0.6) is 5.75 Å². The number of amides is 6. The van der Waals surface area contributed by atoms with Crippen LogP contribution in [0, 0.1) is 34.9 Å². The molecule has 0 spiro atoms. The van der Waals surface area contributed by atoms with E-state index in [9.17, 15) is 33.5 Å². The highest BCUT2D eigenvalue weighted by atomic mass is 35.5. The Morgan fingerprint density at radius 2 is 1.77 bits per heavy atom. The van der Waals surface area contributed by atoms with Crippen LogP contribution in [-0.2, 0) is 19.2 Å². The monoisotopic (exact) mass is 601 g/mol. The van der Waals surface area contributed by atoms with Gasteiger partial charge in [0, 0.05) is 11.5 Å². The van der Waals surface area contributed by atoms with E-state index in [1.807, 2.05) is 24.3 Å². The summed E-state index contributed by atoms with van der Waals surface area (Å²) in [6.45, 7) is 1.68. The molecule has 0 bridgehead atoms. The molecule has 6 atom stereocenters. The second-order valence-electron chi connectivity index (χ2n) is 11.8. The second-order valence-corrected chi connectivity index (χ2v) is 12.2. The SMILES string of the molecule is CC12C(=O)N(c3ccc(F)c(Cl)c3)C(=O)C1CC1C(=CCC3C(=O)N(C(N)=O)C(=O)C31)C2c1c(O)ccc2ccccc12. The number of fused-ring (bicyclic) bond motifs is 5. The maximum atomic E-state index is 14.5. The first-order valence-corrected chi connectivity index (χ1v) is 14.3. The number of benzene rings is 3. The number of imide groups is 4. The van der Waals surface area contributed by atoms with Gasteiger partial charge in [0.15, 0.2) is 0 Å². The van der Waals surface area contributed by atoms with E-state index >= 15 is 0 Å². The molecule has 218 valence electrons. The van der Waals surface area contributed by atoms with Crippen molar-refractivity contribution in [1.29, 1.82) is 0 Å². The smallest absolute Gasteiger partial charge is 0.328 e. The van der Waals surface area contributed by atoms with Crippen LogP contribution in [0.3, 0.4) is 0 Å². The summed E-state index contributed by atoms with van der Waals surface area (Å²) in [4.78, 5) is 69.0. The van der Waals surface area contributed by atoms with Gasteiger partial charge in [-0.3, -0.25) is 19.2 Å². The van der Waals surface area contributed by atoms with E-state index in [2.05, 4.69) is 0 Å². The number of allylic oxidation sites excluding steroid dienone is 2. The number of halogens is 2. The van der Waals surface area contributed by atoms with Crippen molar-refractivity contribution >= 4 is 57.7 Å². The van der Waals surface area contributed by atoms with Gasteiger partial charge in [-0.25, -0.2) is 14.1 Å². The number of hydrogen-bond acceptors (Lipinski definition) is 6. The Kier molecular flexibility index (Phi) is 5.84. The van der Waals surface area contributed by atoms with Gasteiger partial charge >= 0.3 is 6.03 Å². The number of nitrogens with zero attached hydrogens (tertiary/aromatic N) is 2. The molecule has 2 aliphatic heterocycles. The molecule has 1 saturated carbocycles. The number of nitrogens with two attached hydrogens (primary N) is 1. The van der Waals surface area contributed by atoms with Crippen molar-refractivity contribution in [3.63, 3.8) is 0 Å². The van der Waals surface area contributed by atoms with Crippen molar-refractivity contribution in [2.24, 2.45) is 34.8 Å². The molecule has 2 saturated heterocycles. The third kappa shape index (κ3) is 3.53. The number of aromatic hydroxyl groups is 1. The first-order valence-electron chi connectivity index (χ1n) is 13.9. The lowest BCUT2D eigenvalue weighted by Crippen LogP contribution is -2.49. The highest BCUT2D eigenvalue weighted by Crippen LogP contribution is 2.65. The molecule has 2 heterocycles. The molecule has 2 aliphatic carbocycles. The minimum absolute atomic E-state index is 0.0349. The van der Waals surface area contributed by atoms with Crippen LogP contribution in [0.25, 0.3) is 10.8 Å². The highest BCUT2D eigenvalue weighted by Gasteiger charge is 2.68. The van der Waals surface area contributed by atoms with Crippen LogP contribution in [-0.4, -0.2) is 39.7 Å². The van der Waals surface area contributed by atoms with Gasteiger partial charge in [0.1, 0.15) is 11.6 Å². The first-order chi connectivity index (χ1) is 20.5. The van der Waals surface area contributed by atoms with E-state index in [1.165, 1.54) is 18.2 Å². The Bertz CT molecular complexity index is 1860. The van der Waals surface area contributed by atoms with E-state index < -0.39 is 70.5 Å². The standard InChI is InChI=1S/C32H25ClFN3O6/c1-32-20(28(40)36(30(32)42)15-7-10-22(34)21(33)12-15)13-19-17(8-9-18-24(19)29(41)37(27(18)39)31(35)43)26(32)25-16-5-3-2-4-14(16)6-11-23(25)38/h2-8,10-12,18-20,24,26,38H,9,13H2,1H3,(H2,35,43). The number of phenolic OH excluding ortho intramolecular Hbond substituents is 1. The number of carbonyl (C=O) groups excluding carboxylic acids is 5. The summed E-state index contributed by atoms with van der Waals surface area (Å²) in [5, 5.41) is 12.6. The van der Waals surface area contributed by atoms with Gasteiger partial charge in [0.05, 0.1) is 33.9 Å². The van der Waals surface area contributed by atoms with E-state index in [1.54, 1.807) is 19.1 Å². The Morgan fingerprint density at radius 3 is 2.49 bits per heavy atom. The molecule has 3 aromatic carbocycles. The first kappa shape index (κ1) is 27.3. The van der Waals surface area contributed by atoms with Crippen LogP contribution < -0.4 is 10.6 Å². The number of hydrogen-bond donors (Lipinski definition) is 2. The zero-order chi connectivity index (χ0) is 30.5. The molecule has 3 N–H and O–H groups in total. The number of urea groups is 1. The second kappa shape index (κ2) is 9.21. The molecule has 7 rings (SSSR count). The number of anilines is 1. The maximum Gasteiger partial charge on any atom is 0.328 e. The van der Waals surface area contributed by atoms with Crippen LogP contribution >= 0.6 is 11.6 Å². The van der Waals surface area contributed by atoms with Crippen molar-refractivity contribution in [3.05, 3.63) is 82.6 Å². The molecular weight excluding hydrogens is 577 g/mol. The summed E-state index contributed by atoms with van der Waals surface area (Å²) < 4.78 is 14.1. The summed E-state index contributed by atoms with van der Waals surface area (Å²) in [6.07, 6.45) is 1.96. The fraction of sp³-hybridized carbons (Fsp3) is 0.281. The predicted octanol–water partition coefficient (Wildman–Crippen LogP) is 4.65. The summed E-state index contributed by atoms with van der Waals surface area (Å²) in [7, 11) is 0. The van der Waals surface area contributed by atoms with E-state index in [0.717, 1.165) is 16.4 Å². The Balaban J connectivity index is 1.47. The van der Waals surface area contributed by atoms with Crippen LogP contribution in [0.1, 0.15) is 31.2 Å². The summed E-state index contributed by atoms with van der Waals surface area (Å²) >= 11 is 6.04. The zero-order valence-corrected chi connectivity index (χ0v) is 23.5. The topological polar surface area (TPSA) is 138 Å². The van der Waals surface area contributed by atoms with Gasteiger partial charge in [0.2, 0.25) is 23.6 Å². The van der Waals surface area contributed by atoms with Crippen molar-refractivity contribution < 1.29 is 33.5 Å². The summed E-state index contributed by atoms with van der Waals surface area (Å²) in [5.74, 6) is -7.74. The Labute approximate surface area is 249 Å². The molecule has 11 heteroatoms. The summed E-state index contributed by atoms with van der Waals surface area (Å²) in [6, 6.07) is 13.0. The third-order valence-corrected chi connectivity index (χ3v) is 10.2. The molecule has 6 unspecified atom stereocenters. The van der Waals surface area contributed by atoms with Gasteiger partial charge in [-0.15, -0.1) is 0 Å². The molecule has 4 aliphatic rings. The lowest BCUT2D eigenvalue weighted by Gasteiger charge is -2.49. The number of carbonyl (C=O) groups is 5. The van der Waals surface area contributed by atoms with Gasteiger partial charge in [-0.2, -0.15) is 4.90 Å². The molecule has 9 nitrogen and oxygen atoms in total. The van der Waals surface area contributed by atoms with Crippen LogP contribution in [0.15, 0.2) is 66.2 Å². The number of primary amides is 1. The normalized spacial score (nSPS) is 29.9. The number of likely N-dealkylation sites (tertiary alicyclic amines) is 1. The van der Waals surface area contributed by atoms with Crippen molar-refractivity contribution in [2.75, 3.05) is 4.90 Å². The molecule has 3 fully saturated rings. The predicted molar refractivity (Wildman–Crippen MR) is 153 cm³/mol. The molecular formula is C32H25ClFN3O6. The lowest BCUT2D eigenvalue weighted by molar-refractivity contribution is -0.136. The maximum absolute atomic E-state index is 14.5. The minimum Gasteiger partial charge on any atom is -0.508 e. The average molecular weight is 602 g/mol. The van der Waals surface area contributed by atoms with E-state index in [4.69, 9.17) is 17.3 Å². The number of rotatable bonds is 2. The van der Waals surface area contributed by atoms with Gasteiger partial charge in [0.25, 0.3) is 0 Å². The summed E-state index contributed by atoms with van der Waals surface area (Å²) in [5.41, 5.74) is 5.12. The van der Waals surface area contributed by atoms with Crippen LogP contribution in [0.4, 0.5) is 14.9 Å². The van der Waals surface area contributed by atoms with Crippen LogP contribution in [0.2, 0.25) is 5.02 Å². The molecule has 0 radical (unpaired) electrons. The van der Waals surface area contributed by atoms with Crippen molar-refractivity contribution in [3.8, 4) is 5.75 Å².